The van der Waals surface area contributed by atoms with Gasteiger partial charge in [0.25, 0.3) is 0 Å². The van der Waals surface area contributed by atoms with Crippen LogP contribution in [0, 0.1) is 16.7 Å². The molecule has 0 aliphatic heterocycles. The van der Waals surface area contributed by atoms with E-state index in [-0.39, 0.29) is 5.41 Å². The van der Waals surface area contributed by atoms with Crippen LogP contribution < -0.4 is 11.1 Å². The molecule has 0 spiro atoms. The lowest BCUT2D eigenvalue weighted by Crippen LogP contribution is -2.46. The van der Waals surface area contributed by atoms with Crippen LogP contribution >= 0.6 is 11.6 Å². The first-order valence-corrected chi connectivity index (χ1v) is 7.25. The largest absolute Gasteiger partial charge is 0.382 e. The van der Waals surface area contributed by atoms with Crippen molar-refractivity contribution in [2.75, 3.05) is 11.1 Å². The van der Waals surface area contributed by atoms with E-state index in [0.717, 1.165) is 5.92 Å². The third kappa shape index (κ3) is 1.80. The number of nitrogens with one attached hydrogen (secondary N) is 1. The summed E-state index contributed by atoms with van der Waals surface area (Å²) in [5, 5.41) is 3.98. The Hall–Kier alpha value is -1.03. The zero-order valence-corrected chi connectivity index (χ0v) is 12.5. The minimum Gasteiger partial charge on any atom is -0.382 e. The molecule has 3 atom stereocenters. The van der Waals surface area contributed by atoms with Crippen LogP contribution in [-0.4, -0.2) is 16.0 Å². The molecular weight excluding hydrogens is 260 g/mol. The minimum atomic E-state index is 0.260. The van der Waals surface area contributed by atoms with Crippen molar-refractivity contribution in [2.45, 2.75) is 46.1 Å². The van der Waals surface area contributed by atoms with Crippen LogP contribution in [0.3, 0.4) is 0 Å². The summed E-state index contributed by atoms with van der Waals surface area (Å²) >= 11 is 6.20. The molecule has 19 heavy (non-hydrogen) atoms. The summed E-state index contributed by atoms with van der Waals surface area (Å²) in [6, 6.07) is 0.380. The molecule has 0 amide bonds. The third-order valence-electron chi connectivity index (χ3n) is 5.37. The van der Waals surface area contributed by atoms with Crippen molar-refractivity contribution in [3.05, 3.63) is 11.3 Å². The molecule has 2 fully saturated rings. The molecule has 1 aromatic rings. The number of nitrogen functional groups attached to an aromatic ring is 1. The fourth-order valence-corrected chi connectivity index (χ4v) is 4.44. The topological polar surface area (TPSA) is 63.8 Å². The number of aromatic nitrogens is 2. The van der Waals surface area contributed by atoms with Crippen LogP contribution in [0.4, 0.5) is 11.6 Å². The van der Waals surface area contributed by atoms with E-state index >= 15 is 0 Å². The molecule has 104 valence electrons. The maximum Gasteiger partial charge on any atom is 0.150 e. The van der Waals surface area contributed by atoms with Gasteiger partial charge >= 0.3 is 0 Å². The SMILES string of the molecule is CC12CCC(C1)C(C)(C)C2Nc1ncnc(N)c1Cl. The number of hydrogen-bond donors (Lipinski definition) is 2. The quantitative estimate of drug-likeness (QED) is 0.872. The predicted octanol–water partition coefficient (Wildman–Crippen LogP) is 3.34. The number of hydrogen-bond acceptors (Lipinski definition) is 4. The molecule has 3 unspecified atom stereocenters. The molecule has 4 nitrogen and oxygen atoms in total. The highest BCUT2D eigenvalue weighted by Crippen LogP contribution is 2.63. The zero-order chi connectivity index (χ0) is 13.8. The Morgan fingerprint density at radius 3 is 2.74 bits per heavy atom. The molecule has 0 saturated heterocycles. The van der Waals surface area contributed by atoms with E-state index < -0.39 is 0 Å². The number of nitrogens with zero attached hydrogens (tertiary/aromatic N) is 2. The fraction of sp³-hybridized carbons (Fsp3) is 0.714. The van der Waals surface area contributed by atoms with E-state index in [1.165, 1.54) is 25.6 Å². The smallest absolute Gasteiger partial charge is 0.150 e. The van der Waals surface area contributed by atoms with Gasteiger partial charge in [0.15, 0.2) is 5.82 Å². The lowest BCUT2D eigenvalue weighted by atomic mass is 9.68. The van der Waals surface area contributed by atoms with Gasteiger partial charge in [0, 0.05) is 6.04 Å². The standard InChI is InChI=1S/C14H21ClN4/c1-13(2)8-4-5-14(3,6-8)12(13)19-11-9(15)10(16)17-7-18-11/h7-8,12H,4-6H2,1-3H3,(H3,16,17,18,19). The Morgan fingerprint density at radius 2 is 2.11 bits per heavy atom. The normalized spacial score (nSPS) is 35.6. The monoisotopic (exact) mass is 280 g/mol. The van der Waals surface area contributed by atoms with Gasteiger partial charge in [-0.3, -0.25) is 0 Å². The Kier molecular flexibility index (Phi) is 2.72. The molecule has 1 aromatic heterocycles. The molecule has 2 aliphatic rings. The van der Waals surface area contributed by atoms with Gasteiger partial charge < -0.3 is 11.1 Å². The molecule has 5 heteroatoms. The van der Waals surface area contributed by atoms with Crippen LogP contribution in [-0.2, 0) is 0 Å². The van der Waals surface area contributed by atoms with Crippen LogP contribution in [0.25, 0.3) is 0 Å². The molecule has 2 saturated carbocycles. The van der Waals surface area contributed by atoms with E-state index in [1.807, 2.05) is 0 Å². The van der Waals surface area contributed by atoms with E-state index in [4.69, 9.17) is 17.3 Å². The van der Waals surface area contributed by atoms with Crippen molar-refractivity contribution in [3.8, 4) is 0 Å². The van der Waals surface area contributed by atoms with E-state index in [1.54, 1.807) is 0 Å². The van der Waals surface area contributed by atoms with E-state index in [9.17, 15) is 0 Å². The fourth-order valence-electron chi connectivity index (χ4n) is 4.28. The zero-order valence-electron chi connectivity index (χ0n) is 11.7. The second kappa shape index (κ2) is 3.98. The number of anilines is 2. The summed E-state index contributed by atoms with van der Waals surface area (Å²) in [5.74, 6) is 1.79. The highest BCUT2D eigenvalue weighted by atomic mass is 35.5. The molecule has 3 rings (SSSR count). The van der Waals surface area contributed by atoms with Gasteiger partial charge in [0.2, 0.25) is 0 Å². The molecular formula is C14H21ClN4. The Bertz CT molecular complexity index is 511. The van der Waals surface area contributed by atoms with Gasteiger partial charge in [0.05, 0.1) is 0 Å². The number of fused-ring (bicyclic) bond motifs is 2. The van der Waals surface area contributed by atoms with E-state index in [0.29, 0.717) is 28.1 Å². The van der Waals surface area contributed by atoms with Crippen molar-refractivity contribution in [1.82, 2.24) is 9.97 Å². The summed E-state index contributed by atoms with van der Waals surface area (Å²) < 4.78 is 0. The summed E-state index contributed by atoms with van der Waals surface area (Å²) in [6.07, 6.45) is 5.36. The highest BCUT2D eigenvalue weighted by Gasteiger charge is 2.59. The highest BCUT2D eigenvalue weighted by molar-refractivity contribution is 6.35. The number of halogens is 1. The lowest BCUT2D eigenvalue weighted by Gasteiger charge is -2.43. The molecule has 3 N–H and O–H groups in total. The molecule has 0 radical (unpaired) electrons. The first-order chi connectivity index (χ1) is 8.84. The maximum absolute atomic E-state index is 6.20. The average Bonchev–Trinajstić information content (AvgIpc) is 2.81. The summed E-state index contributed by atoms with van der Waals surface area (Å²) in [6.45, 7) is 7.06. The van der Waals surface area contributed by atoms with Gasteiger partial charge in [-0.15, -0.1) is 0 Å². The first kappa shape index (κ1) is 13.0. The second-order valence-electron chi connectivity index (χ2n) is 6.91. The average molecular weight is 281 g/mol. The van der Waals surface area contributed by atoms with Gasteiger partial charge in [-0.2, -0.15) is 0 Å². The third-order valence-corrected chi connectivity index (χ3v) is 5.74. The van der Waals surface area contributed by atoms with Crippen LogP contribution in [0.5, 0.6) is 0 Å². The Morgan fingerprint density at radius 1 is 1.37 bits per heavy atom. The van der Waals surface area contributed by atoms with Gasteiger partial charge in [-0.25, -0.2) is 9.97 Å². The van der Waals surface area contributed by atoms with Crippen LogP contribution in [0.15, 0.2) is 6.33 Å². The van der Waals surface area contributed by atoms with Crippen molar-refractivity contribution >= 4 is 23.2 Å². The van der Waals surface area contributed by atoms with Gasteiger partial charge in [0.1, 0.15) is 17.2 Å². The minimum absolute atomic E-state index is 0.260. The van der Waals surface area contributed by atoms with E-state index in [2.05, 4.69) is 36.1 Å². The predicted molar refractivity (Wildman–Crippen MR) is 78.1 cm³/mol. The van der Waals surface area contributed by atoms with Crippen LogP contribution in [0.2, 0.25) is 5.02 Å². The second-order valence-corrected chi connectivity index (χ2v) is 7.29. The summed E-state index contributed by atoms with van der Waals surface area (Å²) in [4.78, 5) is 8.16. The maximum atomic E-state index is 6.20. The van der Waals surface area contributed by atoms with Crippen molar-refractivity contribution < 1.29 is 0 Å². The summed E-state index contributed by atoms with van der Waals surface area (Å²) in [5.41, 5.74) is 6.34. The first-order valence-electron chi connectivity index (χ1n) is 6.87. The lowest BCUT2D eigenvalue weighted by molar-refractivity contribution is 0.155. The van der Waals surface area contributed by atoms with Gasteiger partial charge in [-0.1, -0.05) is 32.4 Å². The number of rotatable bonds is 2. The molecule has 0 aromatic carbocycles. The Labute approximate surface area is 119 Å². The van der Waals surface area contributed by atoms with Crippen molar-refractivity contribution in [3.63, 3.8) is 0 Å². The molecule has 2 bridgehead atoms. The Balaban J connectivity index is 1.93. The van der Waals surface area contributed by atoms with Crippen LogP contribution in [0.1, 0.15) is 40.0 Å². The van der Waals surface area contributed by atoms with Crippen molar-refractivity contribution in [2.24, 2.45) is 16.7 Å². The molecule has 1 heterocycles. The van der Waals surface area contributed by atoms with Gasteiger partial charge in [-0.05, 0) is 36.0 Å². The molecule has 2 aliphatic carbocycles. The summed E-state index contributed by atoms with van der Waals surface area (Å²) in [7, 11) is 0. The van der Waals surface area contributed by atoms with Crippen molar-refractivity contribution in [1.29, 1.82) is 0 Å². The number of nitrogens with two attached hydrogens (primary N) is 1.